The molecular formula is C14H22N2O. The van der Waals surface area contributed by atoms with Crippen molar-refractivity contribution in [2.24, 2.45) is 5.92 Å². The van der Waals surface area contributed by atoms with Crippen LogP contribution in [0.2, 0.25) is 0 Å². The fourth-order valence-corrected chi connectivity index (χ4v) is 2.46. The summed E-state index contributed by atoms with van der Waals surface area (Å²) in [6.45, 7) is 3.20. The van der Waals surface area contributed by atoms with Gasteiger partial charge in [-0.1, -0.05) is 13.0 Å². The highest BCUT2D eigenvalue weighted by molar-refractivity contribution is 5.25. The second-order valence-corrected chi connectivity index (χ2v) is 5.01. The Labute approximate surface area is 104 Å². The Morgan fingerprint density at radius 1 is 1.35 bits per heavy atom. The molecule has 1 N–H and O–H groups in total. The molecule has 0 unspecified atom stereocenters. The van der Waals surface area contributed by atoms with Gasteiger partial charge in [-0.2, -0.15) is 0 Å². The second kappa shape index (κ2) is 6.01. The second-order valence-electron chi connectivity index (χ2n) is 5.01. The molecule has 3 nitrogen and oxygen atoms in total. The average molecular weight is 234 g/mol. The van der Waals surface area contributed by atoms with Crippen molar-refractivity contribution in [3.05, 3.63) is 23.9 Å². The van der Waals surface area contributed by atoms with Crippen LogP contribution in [0.5, 0.6) is 5.88 Å². The van der Waals surface area contributed by atoms with Gasteiger partial charge in [0.25, 0.3) is 0 Å². The molecule has 0 spiro atoms. The van der Waals surface area contributed by atoms with E-state index in [9.17, 15) is 0 Å². The molecule has 1 saturated carbocycles. The molecule has 1 aromatic heterocycles. The van der Waals surface area contributed by atoms with Gasteiger partial charge < -0.3 is 10.1 Å². The monoisotopic (exact) mass is 234 g/mol. The van der Waals surface area contributed by atoms with E-state index in [1.165, 1.54) is 25.7 Å². The van der Waals surface area contributed by atoms with Crippen molar-refractivity contribution in [3.63, 3.8) is 0 Å². The number of ether oxygens (including phenoxy) is 1. The van der Waals surface area contributed by atoms with E-state index in [-0.39, 0.29) is 0 Å². The zero-order valence-electron chi connectivity index (χ0n) is 10.8. The molecule has 2 rings (SSSR count). The zero-order chi connectivity index (χ0) is 12.1. The van der Waals surface area contributed by atoms with Crippen LogP contribution < -0.4 is 10.1 Å². The molecule has 1 aliphatic carbocycles. The number of nitrogens with one attached hydrogen (secondary N) is 1. The van der Waals surface area contributed by atoms with E-state index in [1.807, 2.05) is 6.07 Å². The van der Waals surface area contributed by atoms with Crippen LogP contribution in [-0.4, -0.2) is 18.1 Å². The highest BCUT2D eigenvalue weighted by atomic mass is 16.5. The largest absolute Gasteiger partial charge is 0.481 e. The van der Waals surface area contributed by atoms with Crippen LogP contribution in [0.3, 0.4) is 0 Å². The Hall–Kier alpha value is -1.09. The SMILES string of the molecule is COc1ncccc1CNC1CCC(C)CC1. The molecular weight excluding hydrogens is 212 g/mol. The number of hydrogen-bond acceptors (Lipinski definition) is 3. The molecule has 1 aromatic rings. The Kier molecular flexibility index (Phi) is 4.37. The van der Waals surface area contributed by atoms with Gasteiger partial charge >= 0.3 is 0 Å². The first-order valence-corrected chi connectivity index (χ1v) is 6.51. The fraction of sp³-hybridized carbons (Fsp3) is 0.643. The molecule has 1 heterocycles. The number of pyridine rings is 1. The minimum Gasteiger partial charge on any atom is -0.481 e. The van der Waals surface area contributed by atoms with Crippen molar-refractivity contribution in [1.82, 2.24) is 10.3 Å². The summed E-state index contributed by atoms with van der Waals surface area (Å²) in [7, 11) is 1.67. The molecule has 1 aliphatic rings. The first kappa shape index (κ1) is 12.4. The fourth-order valence-electron chi connectivity index (χ4n) is 2.46. The molecule has 0 bridgehead atoms. The summed E-state index contributed by atoms with van der Waals surface area (Å²) >= 11 is 0. The summed E-state index contributed by atoms with van der Waals surface area (Å²) in [4.78, 5) is 4.21. The Bertz CT molecular complexity index is 346. The van der Waals surface area contributed by atoms with Crippen molar-refractivity contribution in [2.75, 3.05) is 7.11 Å². The van der Waals surface area contributed by atoms with Crippen LogP contribution in [0.4, 0.5) is 0 Å². The molecule has 94 valence electrons. The van der Waals surface area contributed by atoms with Gasteiger partial charge in [-0.15, -0.1) is 0 Å². The third kappa shape index (κ3) is 3.43. The molecule has 0 aromatic carbocycles. The lowest BCUT2D eigenvalue weighted by molar-refractivity contribution is 0.304. The number of methoxy groups -OCH3 is 1. The average Bonchev–Trinajstić information content (AvgIpc) is 2.38. The number of rotatable bonds is 4. The molecule has 0 amide bonds. The third-order valence-electron chi connectivity index (χ3n) is 3.64. The zero-order valence-corrected chi connectivity index (χ0v) is 10.8. The van der Waals surface area contributed by atoms with Gasteiger partial charge in [0, 0.05) is 24.3 Å². The minimum atomic E-state index is 0.663. The first-order chi connectivity index (χ1) is 8.29. The standard InChI is InChI=1S/C14H22N2O/c1-11-5-7-13(8-6-11)16-10-12-4-3-9-15-14(12)17-2/h3-4,9,11,13,16H,5-8,10H2,1-2H3. The van der Waals surface area contributed by atoms with E-state index in [1.54, 1.807) is 13.3 Å². The summed E-state index contributed by atoms with van der Waals surface area (Å²) in [5, 5.41) is 3.61. The molecule has 17 heavy (non-hydrogen) atoms. The van der Waals surface area contributed by atoms with Crippen LogP contribution in [0.1, 0.15) is 38.2 Å². The summed E-state index contributed by atoms with van der Waals surface area (Å²) < 4.78 is 5.25. The van der Waals surface area contributed by atoms with Gasteiger partial charge in [-0.3, -0.25) is 0 Å². The Morgan fingerprint density at radius 2 is 2.12 bits per heavy atom. The summed E-state index contributed by atoms with van der Waals surface area (Å²) in [6.07, 6.45) is 7.06. The van der Waals surface area contributed by atoms with Crippen molar-refractivity contribution < 1.29 is 4.74 Å². The summed E-state index contributed by atoms with van der Waals surface area (Å²) in [6, 6.07) is 4.70. The molecule has 0 radical (unpaired) electrons. The molecule has 1 fully saturated rings. The van der Waals surface area contributed by atoms with Gasteiger partial charge in [-0.25, -0.2) is 4.98 Å². The third-order valence-corrected chi connectivity index (χ3v) is 3.64. The van der Waals surface area contributed by atoms with Crippen LogP contribution in [0.25, 0.3) is 0 Å². The topological polar surface area (TPSA) is 34.1 Å². The van der Waals surface area contributed by atoms with Crippen molar-refractivity contribution in [3.8, 4) is 5.88 Å². The smallest absolute Gasteiger partial charge is 0.217 e. The lowest BCUT2D eigenvalue weighted by Crippen LogP contribution is -2.32. The van der Waals surface area contributed by atoms with E-state index in [2.05, 4.69) is 23.3 Å². The molecule has 0 atom stereocenters. The maximum atomic E-state index is 5.25. The predicted octanol–water partition coefficient (Wildman–Crippen LogP) is 2.76. The maximum Gasteiger partial charge on any atom is 0.217 e. The number of aromatic nitrogens is 1. The van der Waals surface area contributed by atoms with Crippen LogP contribution in [0, 0.1) is 5.92 Å². The van der Waals surface area contributed by atoms with Gasteiger partial charge in [-0.05, 0) is 37.7 Å². The normalized spacial score (nSPS) is 24.6. The highest BCUT2D eigenvalue weighted by Crippen LogP contribution is 2.24. The van der Waals surface area contributed by atoms with E-state index < -0.39 is 0 Å². The van der Waals surface area contributed by atoms with E-state index in [0.29, 0.717) is 6.04 Å². The van der Waals surface area contributed by atoms with Gasteiger partial charge in [0.15, 0.2) is 0 Å². The van der Waals surface area contributed by atoms with E-state index in [0.717, 1.165) is 23.9 Å². The number of hydrogen-bond donors (Lipinski definition) is 1. The quantitative estimate of drug-likeness (QED) is 0.870. The van der Waals surface area contributed by atoms with Crippen molar-refractivity contribution in [1.29, 1.82) is 0 Å². The summed E-state index contributed by atoms with van der Waals surface area (Å²) in [5.74, 6) is 1.64. The molecule has 0 saturated heterocycles. The molecule has 3 heteroatoms. The highest BCUT2D eigenvalue weighted by Gasteiger charge is 2.17. The molecule has 0 aliphatic heterocycles. The van der Waals surface area contributed by atoms with E-state index in [4.69, 9.17) is 4.74 Å². The lowest BCUT2D eigenvalue weighted by atomic mass is 9.87. The van der Waals surface area contributed by atoms with Crippen LogP contribution in [0.15, 0.2) is 18.3 Å². The van der Waals surface area contributed by atoms with Gasteiger partial charge in [0.2, 0.25) is 5.88 Å². The Balaban J connectivity index is 1.85. The van der Waals surface area contributed by atoms with E-state index >= 15 is 0 Å². The van der Waals surface area contributed by atoms with Crippen LogP contribution in [-0.2, 0) is 6.54 Å². The lowest BCUT2D eigenvalue weighted by Gasteiger charge is -2.27. The first-order valence-electron chi connectivity index (χ1n) is 6.51. The van der Waals surface area contributed by atoms with Gasteiger partial charge in [0.05, 0.1) is 7.11 Å². The predicted molar refractivity (Wildman–Crippen MR) is 69.0 cm³/mol. The van der Waals surface area contributed by atoms with Crippen molar-refractivity contribution in [2.45, 2.75) is 45.2 Å². The summed E-state index contributed by atoms with van der Waals surface area (Å²) in [5.41, 5.74) is 1.15. The van der Waals surface area contributed by atoms with Gasteiger partial charge in [0.1, 0.15) is 0 Å². The van der Waals surface area contributed by atoms with Crippen molar-refractivity contribution >= 4 is 0 Å². The Morgan fingerprint density at radius 3 is 2.82 bits per heavy atom. The number of nitrogens with zero attached hydrogens (tertiary/aromatic N) is 1. The minimum absolute atomic E-state index is 0.663. The maximum absolute atomic E-state index is 5.25. The van der Waals surface area contributed by atoms with Crippen LogP contribution >= 0.6 is 0 Å².